The Bertz CT molecular complexity index is 1100. The van der Waals surface area contributed by atoms with Gasteiger partial charge in [-0.1, -0.05) is 53.5 Å². The Hall–Kier alpha value is -2.82. The molecule has 0 amide bonds. The molecular weight excluding hydrogens is 379 g/mol. The molecule has 0 saturated heterocycles. The molecule has 2 N–H and O–H groups in total. The smallest absolute Gasteiger partial charge is 0.229 e. The van der Waals surface area contributed by atoms with Crippen molar-refractivity contribution in [2.45, 2.75) is 6.54 Å². The van der Waals surface area contributed by atoms with Crippen molar-refractivity contribution in [1.82, 2.24) is 9.97 Å². The summed E-state index contributed by atoms with van der Waals surface area (Å²) in [6.45, 7) is 0.609. The SMILES string of the molecule is Clc1cccc(CNc2nc(Nc3cccc(Cl)c3)nc3ccccc23)c1. The predicted molar refractivity (Wildman–Crippen MR) is 113 cm³/mol. The highest BCUT2D eigenvalue weighted by molar-refractivity contribution is 6.31. The van der Waals surface area contributed by atoms with Crippen molar-refractivity contribution in [3.63, 3.8) is 0 Å². The first-order valence-corrected chi connectivity index (χ1v) is 9.21. The van der Waals surface area contributed by atoms with Crippen LogP contribution in [-0.2, 0) is 6.54 Å². The molecule has 0 fully saturated rings. The quantitative estimate of drug-likeness (QED) is 0.417. The highest BCUT2D eigenvalue weighted by Gasteiger charge is 2.08. The lowest BCUT2D eigenvalue weighted by atomic mass is 10.2. The third-order valence-electron chi connectivity index (χ3n) is 4.03. The Kier molecular flexibility index (Phi) is 5.10. The van der Waals surface area contributed by atoms with Crippen LogP contribution in [-0.4, -0.2) is 9.97 Å². The van der Waals surface area contributed by atoms with Crippen LogP contribution in [0.5, 0.6) is 0 Å². The van der Waals surface area contributed by atoms with E-state index < -0.39 is 0 Å². The molecule has 134 valence electrons. The Morgan fingerprint density at radius 1 is 0.778 bits per heavy atom. The van der Waals surface area contributed by atoms with Crippen LogP contribution < -0.4 is 10.6 Å². The summed E-state index contributed by atoms with van der Waals surface area (Å²) in [5, 5.41) is 8.93. The number of nitrogens with zero attached hydrogens (tertiary/aromatic N) is 2. The van der Waals surface area contributed by atoms with E-state index in [1.807, 2.05) is 72.8 Å². The fourth-order valence-electron chi connectivity index (χ4n) is 2.80. The number of anilines is 3. The van der Waals surface area contributed by atoms with Gasteiger partial charge in [0.2, 0.25) is 5.95 Å². The van der Waals surface area contributed by atoms with Gasteiger partial charge in [-0.05, 0) is 48.0 Å². The van der Waals surface area contributed by atoms with E-state index in [1.54, 1.807) is 0 Å². The largest absolute Gasteiger partial charge is 0.365 e. The predicted octanol–water partition coefficient (Wildman–Crippen LogP) is 6.29. The van der Waals surface area contributed by atoms with E-state index in [0.29, 0.717) is 22.5 Å². The van der Waals surface area contributed by atoms with Gasteiger partial charge in [0, 0.05) is 27.7 Å². The molecule has 27 heavy (non-hydrogen) atoms. The Morgan fingerprint density at radius 3 is 2.37 bits per heavy atom. The van der Waals surface area contributed by atoms with Gasteiger partial charge < -0.3 is 10.6 Å². The van der Waals surface area contributed by atoms with E-state index in [1.165, 1.54) is 0 Å². The molecule has 0 aliphatic rings. The summed E-state index contributed by atoms with van der Waals surface area (Å²) >= 11 is 12.1. The molecule has 0 saturated carbocycles. The molecule has 4 rings (SSSR count). The summed E-state index contributed by atoms with van der Waals surface area (Å²) in [5.74, 6) is 1.26. The summed E-state index contributed by atoms with van der Waals surface area (Å²) in [6, 6.07) is 23.1. The van der Waals surface area contributed by atoms with Crippen molar-refractivity contribution in [3.05, 3.63) is 88.4 Å². The lowest BCUT2D eigenvalue weighted by Gasteiger charge is -2.12. The van der Waals surface area contributed by atoms with Crippen LogP contribution in [0.25, 0.3) is 10.9 Å². The van der Waals surface area contributed by atoms with E-state index >= 15 is 0 Å². The molecule has 3 aromatic carbocycles. The van der Waals surface area contributed by atoms with Gasteiger partial charge in [0.25, 0.3) is 0 Å². The first-order chi connectivity index (χ1) is 13.2. The molecular formula is C21H16Cl2N4. The zero-order valence-corrected chi connectivity index (χ0v) is 15.8. The topological polar surface area (TPSA) is 49.8 Å². The van der Waals surface area contributed by atoms with Crippen molar-refractivity contribution in [3.8, 4) is 0 Å². The molecule has 4 aromatic rings. The third kappa shape index (κ3) is 4.30. The van der Waals surface area contributed by atoms with Gasteiger partial charge in [-0.2, -0.15) is 4.98 Å². The van der Waals surface area contributed by atoms with Crippen LogP contribution in [0.2, 0.25) is 10.0 Å². The van der Waals surface area contributed by atoms with Crippen LogP contribution >= 0.6 is 23.2 Å². The molecule has 0 aliphatic carbocycles. The second-order valence-electron chi connectivity index (χ2n) is 6.03. The highest BCUT2D eigenvalue weighted by atomic mass is 35.5. The standard InChI is InChI=1S/C21H16Cl2N4/c22-15-6-3-5-14(11-15)13-24-20-18-9-1-2-10-19(18)26-21(27-20)25-17-8-4-7-16(23)12-17/h1-12H,13H2,(H2,24,25,26,27). The Balaban J connectivity index is 1.66. The number of aromatic nitrogens is 2. The number of hydrogen-bond donors (Lipinski definition) is 2. The van der Waals surface area contributed by atoms with Gasteiger partial charge in [0.05, 0.1) is 5.52 Å². The van der Waals surface area contributed by atoms with Crippen molar-refractivity contribution >= 4 is 51.6 Å². The van der Waals surface area contributed by atoms with E-state index in [2.05, 4.69) is 20.6 Å². The first-order valence-electron chi connectivity index (χ1n) is 8.45. The number of hydrogen-bond acceptors (Lipinski definition) is 4. The van der Waals surface area contributed by atoms with E-state index in [0.717, 1.165) is 28.0 Å². The average molecular weight is 395 g/mol. The minimum atomic E-state index is 0.504. The second kappa shape index (κ2) is 7.82. The fourth-order valence-corrected chi connectivity index (χ4v) is 3.20. The van der Waals surface area contributed by atoms with Gasteiger partial charge in [-0.3, -0.25) is 0 Å². The van der Waals surface area contributed by atoms with E-state index in [9.17, 15) is 0 Å². The number of para-hydroxylation sites is 1. The van der Waals surface area contributed by atoms with Gasteiger partial charge in [0.1, 0.15) is 5.82 Å². The zero-order valence-electron chi connectivity index (χ0n) is 14.3. The van der Waals surface area contributed by atoms with Crippen LogP contribution in [0.15, 0.2) is 72.8 Å². The maximum Gasteiger partial charge on any atom is 0.229 e. The normalized spacial score (nSPS) is 10.7. The lowest BCUT2D eigenvalue weighted by molar-refractivity contribution is 1.10. The molecule has 0 atom stereocenters. The van der Waals surface area contributed by atoms with E-state index in [-0.39, 0.29) is 0 Å². The number of rotatable bonds is 5. The Morgan fingerprint density at radius 2 is 1.56 bits per heavy atom. The van der Waals surface area contributed by atoms with Crippen LogP contribution in [0, 0.1) is 0 Å². The summed E-state index contributed by atoms with van der Waals surface area (Å²) in [5.41, 5.74) is 2.76. The minimum Gasteiger partial charge on any atom is -0.365 e. The molecule has 1 aromatic heterocycles. The zero-order chi connectivity index (χ0) is 18.6. The average Bonchev–Trinajstić information content (AvgIpc) is 2.66. The van der Waals surface area contributed by atoms with Crippen LogP contribution in [0.1, 0.15) is 5.56 Å². The first kappa shape index (κ1) is 17.6. The number of fused-ring (bicyclic) bond motifs is 1. The molecule has 1 heterocycles. The summed E-state index contributed by atoms with van der Waals surface area (Å²) in [4.78, 5) is 9.26. The summed E-state index contributed by atoms with van der Waals surface area (Å²) in [7, 11) is 0. The van der Waals surface area contributed by atoms with Crippen LogP contribution in [0.3, 0.4) is 0 Å². The van der Waals surface area contributed by atoms with E-state index in [4.69, 9.17) is 23.2 Å². The maximum absolute atomic E-state index is 6.08. The highest BCUT2D eigenvalue weighted by Crippen LogP contribution is 2.25. The minimum absolute atomic E-state index is 0.504. The fraction of sp³-hybridized carbons (Fsp3) is 0.0476. The van der Waals surface area contributed by atoms with Crippen molar-refractivity contribution in [2.24, 2.45) is 0 Å². The summed E-state index contributed by atoms with van der Waals surface area (Å²) in [6.07, 6.45) is 0. The summed E-state index contributed by atoms with van der Waals surface area (Å²) < 4.78 is 0. The van der Waals surface area contributed by atoms with Crippen molar-refractivity contribution < 1.29 is 0 Å². The number of halogens is 2. The van der Waals surface area contributed by atoms with Crippen LogP contribution in [0.4, 0.5) is 17.5 Å². The Labute approximate surface area is 167 Å². The molecule has 6 heteroatoms. The molecule has 0 bridgehead atoms. The number of nitrogens with one attached hydrogen (secondary N) is 2. The molecule has 0 aliphatic heterocycles. The molecule has 0 spiro atoms. The molecule has 0 radical (unpaired) electrons. The van der Waals surface area contributed by atoms with Crippen molar-refractivity contribution in [1.29, 1.82) is 0 Å². The lowest BCUT2D eigenvalue weighted by Crippen LogP contribution is -2.05. The monoisotopic (exact) mass is 394 g/mol. The van der Waals surface area contributed by atoms with Gasteiger partial charge >= 0.3 is 0 Å². The number of benzene rings is 3. The second-order valence-corrected chi connectivity index (χ2v) is 6.90. The van der Waals surface area contributed by atoms with Gasteiger partial charge in [-0.25, -0.2) is 4.98 Å². The van der Waals surface area contributed by atoms with Gasteiger partial charge in [-0.15, -0.1) is 0 Å². The molecule has 4 nitrogen and oxygen atoms in total. The van der Waals surface area contributed by atoms with Crippen molar-refractivity contribution in [2.75, 3.05) is 10.6 Å². The molecule has 0 unspecified atom stereocenters. The van der Waals surface area contributed by atoms with Gasteiger partial charge in [0.15, 0.2) is 0 Å². The third-order valence-corrected chi connectivity index (χ3v) is 4.50. The maximum atomic E-state index is 6.08.